The Hall–Kier alpha value is -1.10. The van der Waals surface area contributed by atoms with Crippen molar-refractivity contribution >= 4 is 11.9 Å². The lowest BCUT2D eigenvalue weighted by Gasteiger charge is -2.29. The zero-order valence-corrected chi connectivity index (χ0v) is 10.8. The second-order valence-electron chi connectivity index (χ2n) is 4.35. The minimum Gasteiger partial charge on any atom is -0.469 e. The maximum absolute atomic E-state index is 11.5. The van der Waals surface area contributed by atoms with Gasteiger partial charge in [0.15, 0.2) is 0 Å². The number of nitrogens with zero attached hydrogens (tertiary/aromatic N) is 1. The van der Waals surface area contributed by atoms with E-state index in [1.165, 1.54) is 7.11 Å². The van der Waals surface area contributed by atoms with Gasteiger partial charge in [-0.25, -0.2) is 0 Å². The Balaban J connectivity index is 4.41. The van der Waals surface area contributed by atoms with Crippen molar-refractivity contribution in [3.8, 4) is 0 Å². The van der Waals surface area contributed by atoms with Gasteiger partial charge in [-0.05, 0) is 20.4 Å². The van der Waals surface area contributed by atoms with Crippen molar-refractivity contribution in [1.29, 1.82) is 0 Å². The van der Waals surface area contributed by atoms with Gasteiger partial charge in [-0.15, -0.1) is 0 Å². The topological polar surface area (TPSA) is 58.6 Å². The van der Waals surface area contributed by atoms with E-state index in [1.807, 2.05) is 25.7 Å². The summed E-state index contributed by atoms with van der Waals surface area (Å²) in [6, 6.07) is 0. The normalized spacial score (nSPS) is 11.4. The molecule has 0 bridgehead atoms. The molecule has 0 saturated heterocycles. The zero-order chi connectivity index (χ0) is 12.8. The first kappa shape index (κ1) is 14.9. The molecule has 0 aliphatic carbocycles. The molecule has 94 valence electrons. The summed E-state index contributed by atoms with van der Waals surface area (Å²) in [6.07, 6.45) is 0. The molecule has 0 aromatic carbocycles. The summed E-state index contributed by atoms with van der Waals surface area (Å²) in [7, 11) is 2.97. The van der Waals surface area contributed by atoms with E-state index in [0.717, 1.165) is 0 Å². The van der Waals surface area contributed by atoms with Gasteiger partial charge in [0.05, 0.1) is 19.1 Å². The number of carbonyl (C=O) groups is 2. The molecule has 1 amide bonds. The largest absolute Gasteiger partial charge is 0.469 e. The Morgan fingerprint density at radius 2 is 1.94 bits per heavy atom. The van der Waals surface area contributed by atoms with Crippen molar-refractivity contribution in [3.05, 3.63) is 0 Å². The molecule has 0 aliphatic rings. The second-order valence-corrected chi connectivity index (χ2v) is 4.35. The molecule has 1 N–H and O–H groups in total. The van der Waals surface area contributed by atoms with Gasteiger partial charge in [-0.3, -0.25) is 14.5 Å². The number of methoxy groups -OCH3 is 1. The fourth-order valence-electron chi connectivity index (χ4n) is 1.46. The van der Waals surface area contributed by atoms with Crippen LogP contribution in [0.3, 0.4) is 0 Å². The van der Waals surface area contributed by atoms with E-state index in [-0.39, 0.29) is 11.9 Å². The molecule has 0 saturated carbocycles. The van der Waals surface area contributed by atoms with Gasteiger partial charge in [0.2, 0.25) is 5.91 Å². The minimum absolute atomic E-state index is 0.0532. The molecule has 0 radical (unpaired) electrons. The number of hydrogen-bond donors (Lipinski definition) is 1. The van der Waals surface area contributed by atoms with Gasteiger partial charge in [0, 0.05) is 13.6 Å². The Bertz CT molecular complexity index is 252. The number of esters is 1. The van der Waals surface area contributed by atoms with Crippen LogP contribution in [0.5, 0.6) is 0 Å². The van der Waals surface area contributed by atoms with E-state index in [4.69, 9.17) is 4.74 Å². The van der Waals surface area contributed by atoms with Gasteiger partial charge in [0.1, 0.15) is 0 Å². The second kappa shape index (κ2) is 6.48. The quantitative estimate of drug-likeness (QED) is 0.665. The molecule has 5 nitrogen and oxygen atoms in total. The summed E-state index contributed by atoms with van der Waals surface area (Å²) in [6.45, 7) is 7.10. The van der Waals surface area contributed by atoms with E-state index >= 15 is 0 Å². The van der Waals surface area contributed by atoms with E-state index in [2.05, 4.69) is 5.32 Å². The standard InChI is InChI=1S/C11H22N2O3/c1-6-13(7-9(14)12-4)8-11(2,3)10(15)16-5/h6-8H2,1-5H3,(H,12,14). The maximum atomic E-state index is 11.5. The van der Waals surface area contributed by atoms with Crippen LogP contribution in [-0.4, -0.2) is 50.6 Å². The third kappa shape index (κ3) is 4.61. The molecule has 0 aliphatic heterocycles. The molecule has 0 unspecified atom stereocenters. The lowest BCUT2D eigenvalue weighted by atomic mass is 9.93. The number of rotatable bonds is 6. The van der Waals surface area contributed by atoms with Crippen molar-refractivity contribution in [2.24, 2.45) is 5.41 Å². The Kier molecular flexibility index (Phi) is 6.03. The van der Waals surface area contributed by atoms with E-state index < -0.39 is 5.41 Å². The van der Waals surface area contributed by atoms with Crippen molar-refractivity contribution in [2.45, 2.75) is 20.8 Å². The highest BCUT2D eigenvalue weighted by Gasteiger charge is 2.31. The highest BCUT2D eigenvalue weighted by atomic mass is 16.5. The smallest absolute Gasteiger partial charge is 0.312 e. The Labute approximate surface area is 97.1 Å². The van der Waals surface area contributed by atoms with E-state index in [9.17, 15) is 9.59 Å². The van der Waals surface area contributed by atoms with Gasteiger partial charge < -0.3 is 10.1 Å². The number of hydrogen-bond acceptors (Lipinski definition) is 4. The average Bonchev–Trinajstić information content (AvgIpc) is 2.26. The third-order valence-corrected chi connectivity index (χ3v) is 2.45. The number of carbonyl (C=O) groups excluding carboxylic acids is 2. The fourth-order valence-corrected chi connectivity index (χ4v) is 1.46. The van der Waals surface area contributed by atoms with Gasteiger partial charge >= 0.3 is 5.97 Å². The summed E-state index contributed by atoms with van der Waals surface area (Å²) in [5.74, 6) is -0.314. The van der Waals surface area contributed by atoms with Crippen molar-refractivity contribution < 1.29 is 14.3 Å². The highest BCUT2D eigenvalue weighted by Crippen LogP contribution is 2.18. The van der Waals surface area contributed by atoms with Gasteiger partial charge in [0.25, 0.3) is 0 Å². The zero-order valence-electron chi connectivity index (χ0n) is 10.8. The first-order valence-corrected chi connectivity index (χ1v) is 5.38. The van der Waals surface area contributed by atoms with Crippen LogP contribution >= 0.6 is 0 Å². The number of ether oxygens (including phenoxy) is 1. The average molecular weight is 230 g/mol. The van der Waals surface area contributed by atoms with Gasteiger partial charge in [-0.1, -0.05) is 6.92 Å². The SMILES string of the molecule is CCN(CC(=O)NC)CC(C)(C)C(=O)OC. The molecular weight excluding hydrogens is 208 g/mol. The lowest BCUT2D eigenvalue weighted by molar-refractivity contribution is -0.152. The van der Waals surface area contributed by atoms with Crippen molar-refractivity contribution in [3.63, 3.8) is 0 Å². The maximum Gasteiger partial charge on any atom is 0.312 e. The third-order valence-electron chi connectivity index (χ3n) is 2.45. The van der Waals surface area contributed by atoms with Crippen LogP contribution in [0, 0.1) is 5.41 Å². The molecule has 0 rings (SSSR count). The first-order valence-electron chi connectivity index (χ1n) is 5.38. The van der Waals surface area contributed by atoms with Crippen molar-refractivity contribution in [1.82, 2.24) is 10.2 Å². The van der Waals surface area contributed by atoms with Crippen LogP contribution in [0.1, 0.15) is 20.8 Å². The van der Waals surface area contributed by atoms with Crippen LogP contribution in [0.15, 0.2) is 0 Å². The minimum atomic E-state index is -0.598. The summed E-state index contributed by atoms with van der Waals surface area (Å²) < 4.78 is 4.73. The van der Waals surface area contributed by atoms with Crippen LogP contribution < -0.4 is 5.32 Å². The predicted octanol–water partition coefficient (Wildman–Crippen LogP) is 0.254. The molecule has 0 aromatic heterocycles. The molecule has 0 aromatic rings. The monoisotopic (exact) mass is 230 g/mol. The first-order chi connectivity index (χ1) is 7.37. The van der Waals surface area contributed by atoms with Crippen LogP contribution in [0.25, 0.3) is 0 Å². The molecule has 0 heterocycles. The number of likely N-dealkylation sites (N-methyl/N-ethyl adjacent to an activating group) is 2. The molecule has 16 heavy (non-hydrogen) atoms. The number of nitrogens with one attached hydrogen (secondary N) is 1. The molecule has 0 fully saturated rings. The summed E-state index contributed by atoms with van der Waals surface area (Å²) in [5, 5.41) is 2.56. The fraction of sp³-hybridized carbons (Fsp3) is 0.818. The lowest BCUT2D eigenvalue weighted by Crippen LogP contribution is -2.43. The van der Waals surface area contributed by atoms with Gasteiger partial charge in [-0.2, -0.15) is 0 Å². The molecule has 5 heteroatoms. The van der Waals surface area contributed by atoms with E-state index in [1.54, 1.807) is 7.05 Å². The van der Waals surface area contributed by atoms with Crippen molar-refractivity contribution in [2.75, 3.05) is 33.8 Å². The number of amides is 1. The molecular formula is C11H22N2O3. The van der Waals surface area contributed by atoms with Crippen LogP contribution in [0.4, 0.5) is 0 Å². The highest BCUT2D eigenvalue weighted by molar-refractivity contribution is 5.78. The van der Waals surface area contributed by atoms with Crippen LogP contribution in [0.2, 0.25) is 0 Å². The van der Waals surface area contributed by atoms with Crippen LogP contribution in [-0.2, 0) is 14.3 Å². The molecule has 0 atom stereocenters. The Morgan fingerprint density at radius 1 is 1.38 bits per heavy atom. The Morgan fingerprint density at radius 3 is 2.31 bits per heavy atom. The predicted molar refractivity (Wildman–Crippen MR) is 62.0 cm³/mol. The van der Waals surface area contributed by atoms with E-state index in [0.29, 0.717) is 19.6 Å². The summed E-state index contributed by atoms with van der Waals surface area (Å²) in [5.41, 5.74) is -0.598. The summed E-state index contributed by atoms with van der Waals surface area (Å²) in [4.78, 5) is 24.6. The summed E-state index contributed by atoms with van der Waals surface area (Å²) >= 11 is 0. The molecule has 0 spiro atoms.